The summed E-state index contributed by atoms with van der Waals surface area (Å²) in [4.78, 5) is 4.25. The summed E-state index contributed by atoms with van der Waals surface area (Å²) < 4.78 is 0. The van der Waals surface area contributed by atoms with Crippen molar-refractivity contribution in [2.24, 2.45) is 0 Å². The van der Waals surface area contributed by atoms with E-state index >= 15 is 0 Å². The van der Waals surface area contributed by atoms with Crippen molar-refractivity contribution >= 4 is 23.4 Å². The van der Waals surface area contributed by atoms with E-state index in [0.29, 0.717) is 11.1 Å². The molecule has 2 N–H and O–H groups in total. The normalized spacial score (nSPS) is 14.6. The number of hydrogen-bond acceptors (Lipinski definition) is 4. The molecule has 1 atom stereocenters. The second kappa shape index (κ2) is 8.10. The lowest BCUT2D eigenvalue weighted by atomic mass is 9.96. The molecule has 3 nitrogen and oxygen atoms in total. The van der Waals surface area contributed by atoms with E-state index in [4.69, 9.17) is 11.6 Å². The van der Waals surface area contributed by atoms with Crippen LogP contribution in [-0.4, -0.2) is 34.0 Å². The average molecular weight is 303 g/mol. The van der Waals surface area contributed by atoms with E-state index in [0.717, 1.165) is 23.6 Å². The van der Waals surface area contributed by atoms with Crippen LogP contribution in [0, 0.1) is 0 Å². The van der Waals surface area contributed by atoms with Gasteiger partial charge in [-0.2, -0.15) is 0 Å². The van der Waals surface area contributed by atoms with Crippen molar-refractivity contribution in [3.8, 4) is 0 Å². The molecule has 0 saturated carbocycles. The maximum absolute atomic E-state index is 9.49. The molecule has 1 aromatic rings. The van der Waals surface area contributed by atoms with Crippen molar-refractivity contribution in [2.75, 3.05) is 12.4 Å². The molecule has 0 bridgehead atoms. The molecular formula is C14H23ClN2OS. The molecule has 108 valence electrons. The number of aliphatic hydroxyl groups is 1. The van der Waals surface area contributed by atoms with E-state index < -0.39 is 0 Å². The topological polar surface area (TPSA) is 45.1 Å². The van der Waals surface area contributed by atoms with Crippen molar-refractivity contribution in [1.82, 2.24) is 10.3 Å². The zero-order chi connectivity index (χ0) is 14.3. The lowest BCUT2D eigenvalue weighted by Crippen LogP contribution is -2.49. The van der Waals surface area contributed by atoms with Gasteiger partial charge in [-0.25, -0.2) is 4.98 Å². The molecule has 19 heavy (non-hydrogen) atoms. The molecule has 0 saturated heterocycles. The van der Waals surface area contributed by atoms with Crippen LogP contribution < -0.4 is 5.32 Å². The van der Waals surface area contributed by atoms with E-state index in [9.17, 15) is 5.11 Å². The molecule has 5 heteroatoms. The first-order chi connectivity index (χ1) is 8.97. The zero-order valence-electron chi connectivity index (χ0n) is 11.8. The molecule has 0 amide bonds. The van der Waals surface area contributed by atoms with Crippen LogP contribution in [0.15, 0.2) is 23.4 Å². The highest BCUT2D eigenvalue weighted by atomic mass is 35.5. The summed E-state index contributed by atoms with van der Waals surface area (Å²) in [6.45, 7) is 6.40. The fourth-order valence-electron chi connectivity index (χ4n) is 2.00. The molecular weight excluding hydrogens is 280 g/mol. The largest absolute Gasteiger partial charge is 0.394 e. The highest BCUT2D eigenvalue weighted by Crippen LogP contribution is 2.25. The maximum atomic E-state index is 9.49. The van der Waals surface area contributed by atoms with Gasteiger partial charge in [-0.1, -0.05) is 25.4 Å². The zero-order valence-corrected chi connectivity index (χ0v) is 13.4. The van der Waals surface area contributed by atoms with Crippen molar-refractivity contribution in [2.45, 2.75) is 50.2 Å². The van der Waals surface area contributed by atoms with Gasteiger partial charge < -0.3 is 10.4 Å². The fraction of sp³-hybridized carbons (Fsp3) is 0.643. The molecule has 1 rings (SSSR count). The van der Waals surface area contributed by atoms with Crippen LogP contribution in [0.5, 0.6) is 0 Å². The Bertz CT molecular complexity index is 389. The van der Waals surface area contributed by atoms with Crippen LogP contribution in [0.4, 0.5) is 0 Å². The second-order valence-electron chi connectivity index (χ2n) is 5.26. The summed E-state index contributed by atoms with van der Waals surface area (Å²) in [5.41, 5.74) is -0.206. The minimum atomic E-state index is -0.206. The van der Waals surface area contributed by atoms with Crippen LogP contribution in [-0.2, 0) is 0 Å². The molecule has 0 aromatic carbocycles. The van der Waals surface area contributed by atoms with Crippen LogP contribution in [0.1, 0.15) is 33.6 Å². The van der Waals surface area contributed by atoms with Crippen molar-refractivity contribution in [3.63, 3.8) is 0 Å². The van der Waals surface area contributed by atoms with E-state index in [1.165, 1.54) is 0 Å². The van der Waals surface area contributed by atoms with Crippen molar-refractivity contribution in [1.29, 1.82) is 0 Å². The van der Waals surface area contributed by atoms with Gasteiger partial charge in [0.1, 0.15) is 5.03 Å². The number of rotatable bonds is 8. The third kappa shape index (κ3) is 6.13. The third-order valence-electron chi connectivity index (χ3n) is 2.82. The molecule has 0 fully saturated rings. The predicted molar refractivity (Wildman–Crippen MR) is 83.0 cm³/mol. The number of nitrogens with one attached hydrogen (secondary N) is 1. The molecule has 0 radical (unpaired) electrons. The van der Waals surface area contributed by atoms with Gasteiger partial charge in [0.2, 0.25) is 0 Å². The van der Waals surface area contributed by atoms with Crippen LogP contribution in [0.3, 0.4) is 0 Å². The Morgan fingerprint density at radius 2 is 2.26 bits per heavy atom. The molecule has 1 unspecified atom stereocenters. The SMILES string of the molecule is CC(C)NC(C)(CO)CCCSc1ncccc1Cl. The number of halogens is 1. The van der Waals surface area contributed by atoms with Crippen LogP contribution >= 0.6 is 23.4 Å². The minimum absolute atomic E-state index is 0.153. The average Bonchev–Trinajstić information content (AvgIpc) is 2.36. The molecule has 0 aliphatic heterocycles. The standard InChI is InChI=1S/C14H23ClN2OS/c1-11(2)17-14(3,10-18)7-5-9-19-13-12(15)6-4-8-16-13/h4,6,8,11,17-18H,5,7,9-10H2,1-3H3. The highest BCUT2D eigenvalue weighted by molar-refractivity contribution is 7.99. The minimum Gasteiger partial charge on any atom is -0.394 e. The second-order valence-corrected chi connectivity index (χ2v) is 6.75. The first-order valence-electron chi connectivity index (χ1n) is 6.59. The monoisotopic (exact) mass is 302 g/mol. The van der Waals surface area contributed by atoms with E-state index in [1.807, 2.05) is 12.1 Å². The highest BCUT2D eigenvalue weighted by Gasteiger charge is 2.23. The fourth-order valence-corrected chi connectivity index (χ4v) is 3.11. The number of pyridine rings is 1. The smallest absolute Gasteiger partial charge is 0.115 e. The van der Waals surface area contributed by atoms with Gasteiger partial charge in [0.05, 0.1) is 11.6 Å². The van der Waals surface area contributed by atoms with E-state index in [-0.39, 0.29) is 12.1 Å². The van der Waals surface area contributed by atoms with Gasteiger partial charge in [-0.3, -0.25) is 0 Å². The Balaban J connectivity index is 2.35. The van der Waals surface area contributed by atoms with E-state index in [2.05, 4.69) is 31.1 Å². The van der Waals surface area contributed by atoms with Gasteiger partial charge >= 0.3 is 0 Å². The van der Waals surface area contributed by atoms with Gasteiger partial charge in [-0.15, -0.1) is 11.8 Å². The first-order valence-corrected chi connectivity index (χ1v) is 7.95. The number of aliphatic hydroxyl groups excluding tert-OH is 1. The Morgan fingerprint density at radius 3 is 2.84 bits per heavy atom. The predicted octanol–water partition coefficient (Wildman–Crippen LogP) is 3.36. The van der Waals surface area contributed by atoms with Gasteiger partial charge in [0.15, 0.2) is 0 Å². The van der Waals surface area contributed by atoms with Gasteiger partial charge in [0.25, 0.3) is 0 Å². The number of thioether (sulfide) groups is 1. The Labute approximate surface area is 125 Å². The van der Waals surface area contributed by atoms with E-state index in [1.54, 1.807) is 18.0 Å². The molecule has 0 aliphatic carbocycles. The summed E-state index contributed by atoms with van der Waals surface area (Å²) in [6, 6.07) is 4.06. The summed E-state index contributed by atoms with van der Waals surface area (Å²) >= 11 is 7.72. The van der Waals surface area contributed by atoms with Gasteiger partial charge in [0, 0.05) is 17.8 Å². The Morgan fingerprint density at radius 1 is 1.53 bits per heavy atom. The Kier molecular flexibility index (Phi) is 7.15. The summed E-state index contributed by atoms with van der Waals surface area (Å²) in [5, 5.41) is 14.5. The summed E-state index contributed by atoms with van der Waals surface area (Å²) in [7, 11) is 0. The first kappa shape index (κ1) is 16.8. The van der Waals surface area contributed by atoms with Crippen molar-refractivity contribution in [3.05, 3.63) is 23.4 Å². The summed E-state index contributed by atoms with van der Waals surface area (Å²) in [6.07, 6.45) is 3.69. The maximum Gasteiger partial charge on any atom is 0.115 e. The van der Waals surface area contributed by atoms with Crippen LogP contribution in [0.25, 0.3) is 0 Å². The van der Waals surface area contributed by atoms with Crippen LogP contribution in [0.2, 0.25) is 5.02 Å². The number of hydrogen-bond donors (Lipinski definition) is 2. The molecule has 1 heterocycles. The number of aromatic nitrogens is 1. The third-order valence-corrected chi connectivity index (χ3v) is 4.33. The quantitative estimate of drug-likeness (QED) is 0.571. The number of nitrogens with zero attached hydrogens (tertiary/aromatic N) is 1. The van der Waals surface area contributed by atoms with Gasteiger partial charge in [-0.05, 0) is 37.7 Å². The molecule has 0 aliphatic rings. The molecule has 1 aromatic heterocycles. The Hall–Kier alpha value is -0.290. The lowest BCUT2D eigenvalue weighted by molar-refractivity contribution is 0.156. The lowest BCUT2D eigenvalue weighted by Gasteiger charge is -2.31. The summed E-state index contributed by atoms with van der Waals surface area (Å²) in [5.74, 6) is 0.950. The molecule has 0 spiro atoms. The van der Waals surface area contributed by atoms with Crippen molar-refractivity contribution < 1.29 is 5.11 Å².